The van der Waals surface area contributed by atoms with Crippen LogP contribution < -0.4 is 5.84 Å². The molecule has 3 N–H and O–H groups in total. The number of hydrogen-bond donors (Lipinski definition) is 2. The molecule has 2 aliphatic rings. The van der Waals surface area contributed by atoms with Crippen LogP contribution in [0.5, 0.6) is 0 Å². The molecular formula is C7H14N2O. The van der Waals surface area contributed by atoms with Crippen molar-refractivity contribution in [1.29, 1.82) is 0 Å². The summed E-state index contributed by atoms with van der Waals surface area (Å²) in [6.07, 6.45) is 2.08. The molecule has 3 unspecified atom stereocenters. The zero-order valence-corrected chi connectivity index (χ0v) is 6.03. The Morgan fingerprint density at radius 3 is 2.80 bits per heavy atom. The molecule has 3 atom stereocenters. The van der Waals surface area contributed by atoms with Gasteiger partial charge in [0.15, 0.2) is 0 Å². The maximum Gasteiger partial charge on any atom is 0.0584 e. The minimum Gasteiger partial charge on any atom is -0.393 e. The number of hydrazine groups is 1. The summed E-state index contributed by atoms with van der Waals surface area (Å²) in [7, 11) is 0. The summed E-state index contributed by atoms with van der Waals surface area (Å²) in [4.78, 5) is 0. The Balaban J connectivity index is 2.05. The van der Waals surface area contributed by atoms with E-state index in [2.05, 4.69) is 0 Å². The van der Waals surface area contributed by atoms with E-state index in [1.165, 1.54) is 6.42 Å². The third-order valence-electron chi connectivity index (χ3n) is 2.85. The van der Waals surface area contributed by atoms with Crippen LogP contribution in [0.15, 0.2) is 0 Å². The number of rotatable bonds is 0. The number of nitrogens with two attached hydrogens (primary N) is 1. The predicted octanol–water partition coefficient (Wildman–Crippen LogP) is -0.437. The molecule has 10 heavy (non-hydrogen) atoms. The highest BCUT2D eigenvalue weighted by Crippen LogP contribution is 2.36. The molecule has 1 saturated carbocycles. The highest BCUT2D eigenvalue weighted by atomic mass is 16.3. The zero-order chi connectivity index (χ0) is 7.14. The van der Waals surface area contributed by atoms with E-state index in [0.29, 0.717) is 11.8 Å². The Morgan fingerprint density at radius 2 is 2.10 bits per heavy atom. The van der Waals surface area contributed by atoms with Crippen LogP contribution in [0.1, 0.15) is 12.8 Å². The first-order valence-electron chi connectivity index (χ1n) is 3.95. The molecule has 1 saturated heterocycles. The van der Waals surface area contributed by atoms with Gasteiger partial charge < -0.3 is 5.11 Å². The molecule has 0 spiro atoms. The van der Waals surface area contributed by atoms with Crippen LogP contribution >= 0.6 is 0 Å². The first-order chi connectivity index (χ1) is 4.77. The normalized spacial score (nSPS) is 48.0. The van der Waals surface area contributed by atoms with Crippen molar-refractivity contribution in [3.63, 3.8) is 0 Å². The van der Waals surface area contributed by atoms with Gasteiger partial charge in [0, 0.05) is 19.0 Å². The van der Waals surface area contributed by atoms with E-state index < -0.39 is 0 Å². The predicted molar refractivity (Wildman–Crippen MR) is 38.0 cm³/mol. The smallest absolute Gasteiger partial charge is 0.0584 e. The van der Waals surface area contributed by atoms with Crippen molar-refractivity contribution in [2.45, 2.75) is 18.9 Å². The SMILES string of the molecule is NN1CC2CCC(O)C2C1. The molecular weight excluding hydrogens is 128 g/mol. The van der Waals surface area contributed by atoms with Gasteiger partial charge >= 0.3 is 0 Å². The lowest BCUT2D eigenvalue weighted by atomic mass is 10.00. The fraction of sp³-hybridized carbons (Fsp3) is 1.00. The molecule has 1 aliphatic carbocycles. The number of fused-ring (bicyclic) bond motifs is 1. The Labute approximate surface area is 60.8 Å². The first-order valence-corrected chi connectivity index (χ1v) is 3.95. The van der Waals surface area contributed by atoms with Gasteiger partial charge in [-0.3, -0.25) is 5.84 Å². The number of nitrogens with zero attached hydrogens (tertiary/aromatic N) is 1. The average Bonchev–Trinajstić information content (AvgIpc) is 2.35. The lowest BCUT2D eigenvalue weighted by molar-refractivity contribution is 0.124. The van der Waals surface area contributed by atoms with Crippen LogP contribution in [0.2, 0.25) is 0 Å². The summed E-state index contributed by atoms with van der Waals surface area (Å²) >= 11 is 0. The van der Waals surface area contributed by atoms with Crippen molar-refractivity contribution < 1.29 is 5.11 Å². The zero-order valence-electron chi connectivity index (χ0n) is 6.03. The van der Waals surface area contributed by atoms with E-state index in [1.54, 1.807) is 0 Å². The van der Waals surface area contributed by atoms with Gasteiger partial charge in [0.2, 0.25) is 0 Å². The van der Waals surface area contributed by atoms with Crippen LogP contribution in [0.25, 0.3) is 0 Å². The molecule has 0 aromatic rings. The minimum atomic E-state index is -0.0708. The number of aliphatic hydroxyl groups is 1. The molecule has 1 aliphatic heterocycles. The van der Waals surface area contributed by atoms with Crippen molar-refractivity contribution in [2.75, 3.05) is 13.1 Å². The molecule has 3 heteroatoms. The second-order valence-electron chi connectivity index (χ2n) is 3.52. The van der Waals surface area contributed by atoms with Gasteiger partial charge in [-0.2, -0.15) is 0 Å². The molecule has 0 aromatic heterocycles. The lowest BCUT2D eigenvalue weighted by Gasteiger charge is -2.11. The molecule has 58 valence electrons. The van der Waals surface area contributed by atoms with Crippen molar-refractivity contribution in [1.82, 2.24) is 5.01 Å². The number of hydrogen-bond acceptors (Lipinski definition) is 3. The Bertz CT molecular complexity index is 140. The second kappa shape index (κ2) is 2.19. The molecule has 2 rings (SSSR count). The fourth-order valence-corrected chi connectivity index (χ4v) is 2.27. The summed E-state index contributed by atoms with van der Waals surface area (Å²) < 4.78 is 0. The van der Waals surface area contributed by atoms with Crippen LogP contribution in [-0.2, 0) is 0 Å². The minimum absolute atomic E-state index is 0.0708. The summed E-state index contributed by atoms with van der Waals surface area (Å²) in [5.74, 6) is 6.77. The summed E-state index contributed by atoms with van der Waals surface area (Å²) in [6.45, 7) is 1.88. The monoisotopic (exact) mass is 142 g/mol. The summed E-state index contributed by atoms with van der Waals surface area (Å²) in [6, 6.07) is 0. The van der Waals surface area contributed by atoms with E-state index in [-0.39, 0.29) is 6.10 Å². The molecule has 2 fully saturated rings. The third-order valence-corrected chi connectivity index (χ3v) is 2.85. The summed E-state index contributed by atoms with van der Waals surface area (Å²) in [5.41, 5.74) is 0. The third kappa shape index (κ3) is 0.856. The fourth-order valence-electron chi connectivity index (χ4n) is 2.27. The Hall–Kier alpha value is -0.120. The summed E-state index contributed by atoms with van der Waals surface area (Å²) in [5, 5.41) is 11.3. The first kappa shape index (κ1) is 6.58. The molecule has 0 amide bonds. The van der Waals surface area contributed by atoms with Crippen LogP contribution in [0.4, 0.5) is 0 Å². The Morgan fingerprint density at radius 1 is 1.30 bits per heavy atom. The van der Waals surface area contributed by atoms with Crippen molar-refractivity contribution in [3.8, 4) is 0 Å². The van der Waals surface area contributed by atoms with Crippen LogP contribution in [0, 0.1) is 11.8 Å². The van der Waals surface area contributed by atoms with Crippen LogP contribution in [0.3, 0.4) is 0 Å². The largest absolute Gasteiger partial charge is 0.393 e. The van der Waals surface area contributed by atoms with Gasteiger partial charge in [0.05, 0.1) is 6.10 Å². The van der Waals surface area contributed by atoms with Gasteiger partial charge in [-0.15, -0.1) is 0 Å². The number of aliphatic hydroxyl groups excluding tert-OH is 1. The standard InChI is InChI=1S/C7H14N2O/c8-9-3-5-1-2-7(10)6(5)4-9/h5-7,10H,1-4,8H2. The van der Waals surface area contributed by atoms with E-state index in [0.717, 1.165) is 19.5 Å². The van der Waals surface area contributed by atoms with Gasteiger partial charge in [-0.25, -0.2) is 5.01 Å². The molecule has 0 bridgehead atoms. The van der Waals surface area contributed by atoms with Gasteiger partial charge in [-0.1, -0.05) is 0 Å². The maximum atomic E-state index is 9.43. The van der Waals surface area contributed by atoms with Gasteiger partial charge in [-0.05, 0) is 18.8 Å². The highest BCUT2D eigenvalue weighted by Gasteiger charge is 2.40. The molecule has 0 radical (unpaired) electrons. The van der Waals surface area contributed by atoms with Gasteiger partial charge in [0.25, 0.3) is 0 Å². The second-order valence-corrected chi connectivity index (χ2v) is 3.52. The van der Waals surface area contributed by atoms with E-state index in [1.807, 2.05) is 5.01 Å². The molecule has 1 heterocycles. The van der Waals surface area contributed by atoms with E-state index >= 15 is 0 Å². The lowest BCUT2D eigenvalue weighted by Crippen LogP contribution is -2.30. The van der Waals surface area contributed by atoms with Gasteiger partial charge in [0.1, 0.15) is 0 Å². The molecule has 3 nitrogen and oxygen atoms in total. The van der Waals surface area contributed by atoms with Crippen LogP contribution in [-0.4, -0.2) is 29.3 Å². The molecule has 0 aromatic carbocycles. The average molecular weight is 142 g/mol. The Kier molecular flexibility index (Phi) is 1.44. The van der Waals surface area contributed by atoms with E-state index in [4.69, 9.17) is 5.84 Å². The highest BCUT2D eigenvalue weighted by molar-refractivity contribution is 4.91. The van der Waals surface area contributed by atoms with Crippen molar-refractivity contribution in [2.24, 2.45) is 17.7 Å². The van der Waals surface area contributed by atoms with Crippen molar-refractivity contribution >= 4 is 0 Å². The maximum absolute atomic E-state index is 9.43. The van der Waals surface area contributed by atoms with E-state index in [9.17, 15) is 5.11 Å². The topological polar surface area (TPSA) is 49.5 Å². The van der Waals surface area contributed by atoms with Crippen molar-refractivity contribution in [3.05, 3.63) is 0 Å². The quantitative estimate of drug-likeness (QED) is 0.451.